The Balaban J connectivity index is 1.38. The highest BCUT2D eigenvalue weighted by Gasteiger charge is 2.32. The molecule has 0 radical (unpaired) electrons. The Labute approximate surface area is 206 Å². The van der Waals surface area contributed by atoms with E-state index in [1.165, 1.54) is 0 Å². The molecule has 1 saturated heterocycles. The number of nitrogens with one attached hydrogen (secondary N) is 2. The number of aryl methyl sites for hydroxylation is 1. The van der Waals surface area contributed by atoms with Gasteiger partial charge in [-0.2, -0.15) is 0 Å². The number of piperazine rings is 1. The second-order valence-corrected chi connectivity index (χ2v) is 10.3. The first-order valence-electron chi connectivity index (χ1n) is 12.0. The highest BCUT2D eigenvalue weighted by atomic mass is 35.5. The SMILES string of the molecule is Cc1ccc(C(=O)Nc2cc(Cl)cc(CN3CCN(C(=O)NC4CC(C)C4)[C@@H](C)C3)c2C)cn1. The number of urea groups is 1. The van der Waals surface area contributed by atoms with Gasteiger partial charge in [0.1, 0.15) is 0 Å². The monoisotopic (exact) mass is 483 g/mol. The lowest BCUT2D eigenvalue weighted by molar-refractivity contribution is 0.0918. The number of rotatable bonds is 5. The fraction of sp³-hybridized carbons (Fsp3) is 0.500. The number of halogens is 1. The summed E-state index contributed by atoms with van der Waals surface area (Å²) in [4.78, 5) is 33.9. The van der Waals surface area contributed by atoms with E-state index in [1.807, 2.05) is 30.9 Å². The van der Waals surface area contributed by atoms with Crippen LogP contribution in [-0.2, 0) is 6.54 Å². The number of anilines is 1. The summed E-state index contributed by atoms with van der Waals surface area (Å²) in [6, 6.07) is 7.83. The molecule has 0 spiro atoms. The molecule has 1 atom stereocenters. The van der Waals surface area contributed by atoms with Crippen LogP contribution in [0.1, 0.15) is 53.9 Å². The van der Waals surface area contributed by atoms with Crippen LogP contribution < -0.4 is 10.6 Å². The molecule has 34 heavy (non-hydrogen) atoms. The third-order valence-corrected chi connectivity index (χ3v) is 7.19. The zero-order valence-corrected chi connectivity index (χ0v) is 21.2. The third-order valence-electron chi connectivity index (χ3n) is 6.97. The van der Waals surface area contributed by atoms with Gasteiger partial charge in [-0.15, -0.1) is 0 Å². The Bertz CT molecular complexity index is 1050. The van der Waals surface area contributed by atoms with Crippen LogP contribution in [0.15, 0.2) is 30.5 Å². The highest BCUT2D eigenvalue weighted by Crippen LogP contribution is 2.28. The van der Waals surface area contributed by atoms with Crippen LogP contribution in [-0.4, -0.2) is 58.4 Å². The van der Waals surface area contributed by atoms with Crippen LogP contribution in [0.5, 0.6) is 0 Å². The van der Waals surface area contributed by atoms with E-state index in [9.17, 15) is 9.59 Å². The highest BCUT2D eigenvalue weighted by molar-refractivity contribution is 6.31. The van der Waals surface area contributed by atoms with E-state index < -0.39 is 0 Å². The standard InChI is InChI=1S/C26H34ClN5O2/c1-16-9-23(10-16)29-26(34)32-8-7-31(14-18(32)3)15-21-11-22(27)12-24(19(21)4)30-25(33)20-6-5-17(2)28-13-20/h5-6,11-13,16,18,23H,7-10,14-15H2,1-4H3,(H,29,34)(H,30,33)/t16?,18-,23?/m0/s1. The molecule has 2 N–H and O–H groups in total. The smallest absolute Gasteiger partial charge is 0.317 e. The lowest BCUT2D eigenvalue weighted by Gasteiger charge is -2.42. The molecule has 2 aromatic rings. The van der Waals surface area contributed by atoms with Gasteiger partial charge in [-0.1, -0.05) is 18.5 Å². The quantitative estimate of drug-likeness (QED) is 0.650. The number of nitrogens with zero attached hydrogens (tertiary/aromatic N) is 3. The molecule has 1 aromatic heterocycles. The van der Waals surface area contributed by atoms with E-state index in [0.717, 1.165) is 42.8 Å². The zero-order chi connectivity index (χ0) is 24.4. The van der Waals surface area contributed by atoms with Crippen molar-refractivity contribution in [1.82, 2.24) is 20.1 Å². The van der Waals surface area contributed by atoms with Crippen LogP contribution >= 0.6 is 11.6 Å². The minimum absolute atomic E-state index is 0.0542. The molecule has 182 valence electrons. The summed E-state index contributed by atoms with van der Waals surface area (Å²) in [7, 11) is 0. The number of hydrogen-bond acceptors (Lipinski definition) is 4. The topological polar surface area (TPSA) is 77.6 Å². The number of hydrogen-bond donors (Lipinski definition) is 2. The fourth-order valence-corrected chi connectivity index (χ4v) is 5.06. The maximum atomic E-state index is 12.7. The molecule has 2 aliphatic rings. The number of carbonyl (C=O) groups is 2. The van der Waals surface area contributed by atoms with Crippen molar-refractivity contribution < 1.29 is 9.59 Å². The van der Waals surface area contributed by atoms with Crippen molar-refractivity contribution in [2.75, 3.05) is 25.0 Å². The number of pyridine rings is 1. The van der Waals surface area contributed by atoms with Crippen LogP contribution in [0, 0.1) is 19.8 Å². The van der Waals surface area contributed by atoms with Gasteiger partial charge in [0.05, 0.1) is 5.56 Å². The third kappa shape index (κ3) is 5.70. The number of carbonyl (C=O) groups excluding carboxylic acids is 2. The molecule has 1 saturated carbocycles. The van der Waals surface area contributed by atoms with Gasteiger partial charge in [-0.05, 0) is 74.9 Å². The zero-order valence-electron chi connectivity index (χ0n) is 20.4. The lowest BCUT2D eigenvalue weighted by Crippen LogP contribution is -2.58. The minimum atomic E-state index is -0.210. The summed E-state index contributed by atoms with van der Waals surface area (Å²) >= 11 is 6.42. The largest absolute Gasteiger partial charge is 0.335 e. The Hall–Kier alpha value is -2.64. The number of benzene rings is 1. The van der Waals surface area contributed by atoms with Crippen molar-refractivity contribution in [2.45, 2.75) is 59.2 Å². The first-order valence-corrected chi connectivity index (χ1v) is 12.4. The summed E-state index contributed by atoms with van der Waals surface area (Å²) in [5, 5.41) is 6.74. The molecule has 2 heterocycles. The van der Waals surface area contributed by atoms with E-state index in [4.69, 9.17) is 11.6 Å². The Morgan fingerprint density at radius 1 is 1.15 bits per heavy atom. The van der Waals surface area contributed by atoms with Crippen molar-refractivity contribution in [3.8, 4) is 0 Å². The minimum Gasteiger partial charge on any atom is -0.335 e. The molecule has 4 rings (SSSR count). The second kappa shape index (κ2) is 10.3. The van der Waals surface area contributed by atoms with Gasteiger partial charge >= 0.3 is 6.03 Å². The summed E-state index contributed by atoms with van der Waals surface area (Å²) in [5.41, 5.74) is 4.13. The Morgan fingerprint density at radius 3 is 2.56 bits per heavy atom. The van der Waals surface area contributed by atoms with Crippen molar-refractivity contribution in [2.24, 2.45) is 5.92 Å². The van der Waals surface area contributed by atoms with Gasteiger partial charge in [0.15, 0.2) is 0 Å². The van der Waals surface area contributed by atoms with Crippen LogP contribution in [0.4, 0.5) is 10.5 Å². The number of amides is 3. The molecule has 3 amide bonds. The molecule has 0 unspecified atom stereocenters. The molecule has 2 fully saturated rings. The predicted octanol–water partition coefficient (Wildman–Crippen LogP) is 4.62. The van der Waals surface area contributed by atoms with Gasteiger partial charge in [0, 0.05) is 60.9 Å². The lowest BCUT2D eigenvalue weighted by atomic mass is 9.82. The van der Waals surface area contributed by atoms with Gasteiger partial charge in [-0.3, -0.25) is 14.7 Å². The van der Waals surface area contributed by atoms with Crippen molar-refractivity contribution in [1.29, 1.82) is 0 Å². The fourth-order valence-electron chi connectivity index (χ4n) is 4.82. The molecule has 1 aliphatic carbocycles. The number of aromatic nitrogens is 1. The average Bonchev–Trinajstić information content (AvgIpc) is 2.76. The molecule has 1 aromatic carbocycles. The van der Waals surface area contributed by atoms with E-state index in [2.05, 4.69) is 34.4 Å². The van der Waals surface area contributed by atoms with Crippen LogP contribution in [0.3, 0.4) is 0 Å². The molecule has 7 nitrogen and oxygen atoms in total. The summed E-state index contributed by atoms with van der Waals surface area (Å²) in [5.74, 6) is 0.502. The van der Waals surface area contributed by atoms with Gasteiger partial charge < -0.3 is 15.5 Å². The Kier molecular flexibility index (Phi) is 7.43. The van der Waals surface area contributed by atoms with E-state index in [-0.39, 0.29) is 18.0 Å². The average molecular weight is 484 g/mol. The Morgan fingerprint density at radius 2 is 1.91 bits per heavy atom. The van der Waals surface area contributed by atoms with Crippen LogP contribution in [0.25, 0.3) is 0 Å². The predicted molar refractivity (Wildman–Crippen MR) is 135 cm³/mol. The summed E-state index contributed by atoms with van der Waals surface area (Å²) in [6.07, 6.45) is 3.73. The second-order valence-electron chi connectivity index (χ2n) is 9.88. The van der Waals surface area contributed by atoms with Gasteiger partial charge in [-0.25, -0.2) is 4.79 Å². The van der Waals surface area contributed by atoms with E-state index in [1.54, 1.807) is 18.3 Å². The van der Waals surface area contributed by atoms with Gasteiger partial charge in [0.2, 0.25) is 0 Å². The molecule has 1 aliphatic heterocycles. The summed E-state index contributed by atoms with van der Waals surface area (Å²) in [6.45, 7) is 11.2. The van der Waals surface area contributed by atoms with Crippen LogP contribution in [0.2, 0.25) is 5.02 Å². The van der Waals surface area contributed by atoms with Crippen molar-refractivity contribution in [3.05, 3.63) is 57.9 Å². The molecular weight excluding hydrogens is 450 g/mol. The molecular formula is C26H34ClN5O2. The maximum absolute atomic E-state index is 12.7. The van der Waals surface area contributed by atoms with Crippen molar-refractivity contribution >= 4 is 29.2 Å². The maximum Gasteiger partial charge on any atom is 0.317 e. The van der Waals surface area contributed by atoms with Gasteiger partial charge in [0.25, 0.3) is 5.91 Å². The molecule has 8 heteroatoms. The molecule has 0 bridgehead atoms. The van der Waals surface area contributed by atoms with E-state index in [0.29, 0.717) is 41.3 Å². The first kappa shape index (κ1) is 24.5. The summed E-state index contributed by atoms with van der Waals surface area (Å²) < 4.78 is 0. The first-order chi connectivity index (χ1) is 16.2. The van der Waals surface area contributed by atoms with E-state index >= 15 is 0 Å². The van der Waals surface area contributed by atoms with Crippen molar-refractivity contribution in [3.63, 3.8) is 0 Å². The normalized spacial score (nSPS) is 22.7.